The highest BCUT2D eigenvalue weighted by Crippen LogP contribution is 2.37. The first kappa shape index (κ1) is 26.7. The van der Waals surface area contributed by atoms with Crippen LogP contribution in [0.1, 0.15) is 50.9 Å². The Morgan fingerprint density at radius 1 is 1.16 bits per heavy atom. The number of aromatic nitrogens is 2. The highest BCUT2D eigenvalue weighted by atomic mass is 19.3. The van der Waals surface area contributed by atoms with Crippen molar-refractivity contribution in [1.82, 2.24) is 19.6 Å². The Hall–Kier alpha value is -3.40. The number of alkyl halides is 2. The van der Waals surface area contributed by atoms with Gasteiger partial charge in [0.1, 0.15) is 35.1 Å². The van der Waals surface area contributed by atoms with Crippen LogP contribution in [-0.4, -0.2) is 65.2 Å². The van der Waals surface area contributed by atoms with Gasteiger partial charge in [-0.25, -0.2) is 4.98 Å². The summed E-state index contributed by atoms with van der Waals surface area (Å²) in [6.07, 6.45) is 5.16. The average molecular weight is 517 g/mol. The molecule has 0 unspecified atom stereocenters. The van der Waals surface area contributed by atoms with E-state index in [0.29, 0.717) is 41.3 Å². The number of carbonyl (C=O) groups excluding carboxylic acids is 1. The molecule has 1 aliphatic carbocycles. The van der Waals surface area contributed by atoms with Gasteiger partial charge in [-0.3, -0.25) is 14.1 Å². The molecule has 2 heterocycles. The maximum absolute atomic E-state index is 13.3. The number of rotatable bonds is 12. The lowest BCUT2D eigenvalue weighted by atomic mass is 10.1. The Morgan fingerprint density at radius 3 is 2.49 bits per heavy atom. The van der Waals surface area contributed by atoms with Crippen molar-refractivity contribution >= 4 is 11.6 Å². The Balaban J connectivity index is 1.60. The van der Waals surface area contributed by atoms with Gasteiger partial charge in [-0.05, 0) is 58.7 Å². The van der Waals surface area contributed by atoms with Gasteiger partial charge in [0.2, 0.25) is 0 Å². The van der Waals surface area contributed by atoms with E-state index in [0.717, 1.165) is 19.4 Å². The number of imidazole rings is 1. The number of halogens is 2. The monoisotopic (exact) mass is 516 g/mol. The van der Waals surface area contributed by atoms with Crippen LogP contribution in [0, 0.1) is 0 Å². The van der Waals surface area contributed by atoms with E-state index in [1.807, 2.05) is 22.7 Å². The van der Waals surface area contributed by atoms with Gasteiger partial charge < -0.3 is 19.5 Å². The van der Waals surface area contributed by atoms with Gasteiger partial charge in [0.25, 0.3) is 5.91 Å². The number of hydrogen-bond acceptors (Lipinski definition) is 6. The Morgan fingerprint density at radius 2 is 1.86 bits per heavy atom. The van der Waals surface area contributed by atoms with Crippen LogP contribution in [-0.2, 0) is 0 Å². The van der Waals surface area contributed by atoms with Crippen LogP contribution in [0.3, 0.4) is 0 Å². The molecular weight excluding hydrogens is 482 g/mol. The first-order valence-corrected chi connectivity index (χ1v) is 12.5. The molecular formula is C27H34F2N4O4. The third-order valence-electron chi connectivity index (χ3n) is 6.37. The minimum Gasteiger partial charge on any atom is -0.496 e. The van der Waals surface area contributed by atoms with Crippen LogP contribution >= 0.6 is 0 Å². The van der Waals surface area contributed by atoms with E-state index in [1.54, 1.807) is 12.3 Å². The van der Waals surface area contributed by atoms with Gasteiger partial charge in [0, 0.05) is 42.5 Å². The fraction of sp³-hybridized carbons (Fsp3) is 0.481. The second-order valence-electron chi connectivity index (χ2n) is 9.69. The number of fused-ring (bicyclic) bond motifs is 1. The number of ether oxygens (including phenoxy) is 3. The summed E-state index contributed by atoms with van der Waals surface area (Å²) in [5.41, 5.74) is 1.71. The van der Waals surface area contributed by atoms with Gasteiger partial charge >= 0.3 is 6.61 Å². The number of benzene rings is 1. The summed E-state index contributed by atoms with van der Waals surface area (Å²) < 4.78 is 44.5. The Kier molecular flexibility index (Phi) is 8.16. The SMILES string of the molecule is COc1cc(-c2cnc3cc(OCCN(C(C)C)C(C)C)ccn23)cc(OC(F)F)c1C(=O)NC1CC1. The quantitative estimate of drug-likeness (QED) is 0.365. The molecule has 2 aromatic heterocycles. The zero-order valence-electron chi connectivity index (χ0n) is 21.8. The van der Waals surface area contributed by atoms with Crippen molar-refractivity contribution < 1.29 is 27.8 Å². The molecule has 1 aromatic carbocycles. The zero-order valence-corrected chi connectivity index (χ0v) is 21.8. The first-order valence-electron chi connectivity index (χ1n) is 12.5. The van der Waals surface area contributed by atoms with Crippen LogP contribution in [0.4, 0.5) is 8.78 Å². The third kappa shape index (κ3) is 6.30. The summed E-state index contributed by atoms with van der Waals surface area (Å²) in [6, 6.07) is 7.58. The predicted octanol–water partition coefficient (Wildman–Crippen LogP) is 5.00. The predicted molar refractivity (Wildman–Crippen MR) is 137 cm³/mol. The molecule has 0 atom stereocenters. The van der Waals surface area contributed by atoms with Crippen molar-refractivity contribution in [1.29, 1.82) is 0 Å². The molecule has 1 saturated carbocycles. The van der Waals surface area contributed by atoms with E-state index in [4.69, 9.17) is 14.2 Å². The van der Waals surface area contributed by atoms with Crippen molar-refractivity contribution in [3.8, 4) is 28.5 Å². The molecule has 0 radical (unpaired) electrons. The van der Waals surface area contributed by atoms with Crippen molar-refractivity contribution in [3.05, 3.63) is 42.2 Å². The van der Waals surface area contributed by atoms with Gasteiger partial charge in [-0.2, -0.15) is 8.78 Å². The normalized spacial score (nSPS) is 13.7. The summed E-state index contributed by atoms with van der Waals surface area (Å²) >= 11 is 0. The molecule has 37 heavy (non-hydrogen) atoms. The van der Waals surface area contributed by atoms with Crippen LogP contribution in [0.15, 0.2) is 36.7 Å². The molecule has 4 rings (SSSR count). The fourth-order valence-electron chi connectivity index (χ4n) is 4.44. The second kappa shape index (κ2) is 11.3. The largest absolute Gasteiger partial charge is 0.496 e. The van der Waals surface area contributed by atoms with E-state index < -0.39 is 12.5 Å². The number of nitrogens with zero attached hydrogens (tertiary/aromatic N) is 3. The minimum atomic E-state index is -3.10. The maximum atomic E-state index is 13.3. The van der Waals surface area contributed by atoms with E-state index in [2.05, 4.69) is 42.9 Å². The second-order valence-corrected chi connectivity index (χ2v) is 9.69. The molecule has 1 amide bonds. The van der Waals surface area contributed by atoms with Crippen molar-refractivity contribution in [2.24, 2.45) is 0 Å². The molecule has 0 spiro atoms. The van der Waals surface area contributed by atoms with Crippen molar-refractivity contribution in [2.75, 3.05) is 20.3 Å². The molecule has 1 fully saturated rings. The van der Waals surface area contributed by atoms with Gasteiger partial charge in [0.15, 0.2) is 0 Å². The van der Waals surface area contributed by atoms with Crippen LogP contribution < -0.4 is 19.5 Å². The van der Waals surface area contributed by atoms with E-state index >= 15 is 0 Å². The third-order valence-corrected chi connectivity index (χ3v) is 6.37. The molecule has 200 valence electrons. The van der Waals surface area contributed by atoms with E-state index in [1.165, 1.54) is 13.2 Å². The highest BCUT2D eigenvalue weighted by molar-refractivity contribution is 6.01. The molecule has 0 aliphatic heterocycles. The lowest BCUT2D eigenvalue weighted by molar-refractivity contribution is -0.0502. The van der Waals surface area contributed by atoms with Crippen molar-refractivity contribution in [2.45, 2.75) is 65.3 Å². The molecule has 10 heteroatoms. The number of hydrogen-bond donors (Lipinski definition) is 1. The summed E-state index contributed by atoms with van der Waals surface area (Å²) in [5.74, 6) is 0.0665. The molecule has 3 aromatic rings. The topological polar surface area (TPSA) is 77.3 Å². The van der Waals surface area contributed by atoms with E-state index in [9.17, 15) is 13.6 Å². The minimum absolute atomic E-state index is 0.0466. The van der Waals surface area contributed by atoms with Crippen molar-refractivity contribution in [3.63, 3.8) is 0 Å². The molecule has 8 nitrogen and oxygen atoms in total. The van der Waals surface area contributed by atoms with Crippen LogP contribution in [0.25, 0.3) is 16.9 Å². The standard InChI is InChI=1S/C27H34F2N4O4/c1-16(2)32(17(3)4)10-11-36-20-8-9-33-21(15-30-24(33)14-20)18-12-22(35-5)25(23(13-18)37-27(28)29)26(34)31-19-6-7-19/h8-9,12-17,19,27H,6-7,10-11H2,1-5H3,(H,31,34). The number of pyridine rings is 1. The Bertz CT molecular complexity index is 1230. The summed E-state index contributed by atoms with van der Waals surface area (Å²) in [6.45, 7) is 6.89. The maximum Gasteiger partial charge on any atom is 0.387 e. The van der Waals surface area contributed by atoms with Crippen LogP contribution in [0.5, 0.6) is 17.2 Å². The summed E-state index contributed by atoms with van der Waals surface area (Å²) in [4.78, 5) is 19.6. The van der Waals surface area contributed by atoms with Gasteiger partial charge in [-0.15, -0.1) is 0 Å². The zero-order chi connectivity index (χ0) is 26.7. The lowest BCUT2D eigenvalue weighted by Crippen LogP contribution is -2.39. The molecule has 1 aliphatic rings. The first-order chi connectivity index (χ1) is 17.7. The fourth-order valence-corrected chi connectivity index (χ4v) is 4.44. The lowest BCUT2D eigenvalue weighted by Gasteiger charge is -2.30. The summed E-state index contributed by atoms with van der Waals surface area (Å²) in [5, 5.41) is 2.81. The molecule has 0 bridgehead atoms. The average Bonchev–Trinajstić information content (AvgIpc) is 3.55. The Labute approximate surface area is 215 Å². The number of amides is 1. The highest BCUT2D eigenvalue weighted by Gasteiger charge is 2.29. The van der Waals surface area contributed by atoms with Gasteiger partial charge in [-0.1, -0.05) is 0 Å². The number of carbonyl (C=O) groups is 1. The van der Waals surface area contributed by atoms with Gasteiger partial charge in [0.05, 0.1) is 19.0 Å². The molecule has 1 N–H and O–H groups in total. The number of nitrogens with one attached hydrogen (secondary N) is 1. The molecule has 0 saturated heterocycles. The number of methoxy groups -OCH3 is 1. The van der Waals surface area contributed by atoms with E-state index in [-0.39, 0.29) is 23.1 Å². The van der Waals surface area contributed by atoms with Crippen LogP contribution in [0.2, 0.25) is 0 Å². The summed E-state index contributed by atoms with van der Waals surface area (Å²) in [7, 11) is 1.39. The smallest absolute Gasteiger partial charge is 0.387 e.